The van der Waals surface area contributed by atoms with Crippen molar-refractivity contribution in [1.82, 2.24) is 9.21 Å². The van der Waals surface area contributed by atoms with Gasteiger partial charge >= 0.3 is 0 Å². The molecule has 1 aliphatic rings. The first kappa shape index (κ1) is 12.6. The standard InChI is InChI=1S/C11H15BN2O2S/c1-13-6-8-14(9-7-13)17(15,16)11-4-2-10(12)3-5-11/h2-5H,6-9H2,1H3. The maximum atomic E-state index is 12.3. The highest BCUT2D eigenvalue weighted by molar-refractivity contribution is 7.89. The molecule has 1 aromatic rings. The Morgan fingerprint density at radius 3 is 2.12 bits per heavy atom. The molecule has 0 atom stereocenters. The molecule has 0 amide bonds. The summed E-state index contributed by atoms with van der Waals surface area (Å²) in [7, 11) is 4.19. The lowest BCUT2D eigenvalue weighted by atomic mass is 9.97. The molecule has 1 aromatic carbocycles. The molecule has 1 fully saturated rings. The zero-order valence-corrected chi connectivity index (χ0v) is 10.7. The summed E-state index contributed by atoms with van der Waals surface area (Å²) in [6.07, 6.45) is 0. The van der Waals surface area contributed by atoms with Crippen molar-refractivity contribution >= 4 is 23.3 Å². The lowest BCUT2D eigenvalue weighted by Gasteiger charge is -2.31. The topological polar surface area (TPSA) is 40.6 Å². The molecule has 0 aromatic heterocycles. The fraction of sp³-hybridized carbons (Fsp3) is 0.455. The Labute approximate surface area is 104 Å². The van der Waals surface area contributed by atoms with Gasteiger partial charge in [0.05, 0.1) is 4.90 Å². The Bertz CT molecular complexity index is 479. The van der Waals surface area contributed by atoms with Crippen LogP contribution in [0.2, 0.25) is 0 Å². The quantitative estimate of drug-likeness (QED) is 0.659. The second-order valence-electron chi connectivity index (χ2n) is 4.28. The number of piperazine rings is 1. The zero-order chi connectivity index (χ0) is 12.5. The molecule has 0 aliphatic carbocycles. The summed E-state index contributed by atoms with van der Waals surface area (Å²) in [4.78, 5) is 2.44. The van der Waals surface area contributed by atoms with Gasteiger partial charge in [-0.25, -0.2) is 8.42 Å². The molecule has 90 valence electrons. The summed E-state index contributed by atoms with van der Waals surface area (Å²) in [6.45, 7) is 2.63. The zero-order valence-electron chi connectivity index (χ0n) is 9.83. The number of sulfonamides is 1. The Balaban J connectivity index is 2.21. The fourth-order valence-electron chi connectivity index (χ4n) is 1.82. The maximum Gasteiger partial charge on any atom is 0.243 e. The molecule has 1 saturated heterocycles. The SMILES string of the molecule is [B]c1ccc(S(=O)(=O)N2CCN(C)CC2)cc1. The molecule has 17 heavy (non-hydrogen) atoms. The van der Waals surface area contributed by atoms with Crippen LogP contribution in [0.3, 0.4) is 0 Å². The smallest absolute Gasteiger partial charge is 0.243 e. The van der Waals surface area contributed by atoms with Gasteiger partial charge < -0.3 is 4.90 Å². The second-order valence-corrected chi connectivity index (χ2v) is 6.21. The highest BCUT2D eigenvalue weighted by atomic mass is 32.2. The van der Waals surface area contributed by atoms with E-state index >= 15 is 0 Å². The molecule has 0 unspecified atom stereocenters. The molecule has 0 N–H and O–H groups in total. The van der Waals surface area contributed by atoms with Crippen LogP contribution >= 0.6 is 0 Å². The van der Waals surface area contributed by atoms with Crippen molar-refractivity contribution in [2.75, 3.05) is 33.2 Å². The largest absolute Gasteiger partial charge is 0.304 e. The predicted octanol–water partition coefficient (Wildman–Crippen LogP) is -0.583. The Kier molecular flexibility index (Phi) is 3.56. The van der Waals surface area contributed by atoms with Crippen LogP contribution in [0.25, 0.3) is 0 Å². The van der Waals surface area contributed by atoms with Gasteiger partial charge in [0, 0.05) is 26.2 Å². The first-order valence-electron chi connectivity index (χ1n) is 5.54. The van der Waals surface area contributed by atoms with E-state index < -0.39 is 10.0 Å². The summed E-state index contributed by atoms with van der Waals surface area (Å²) >= 11 is 0. The van der Waals surface area contributed by atoms with Crippen LogP contribution < -0.4 is 5.46 Å². The monoisotopic (exact) mass is 250 g/mol. The Morgan fingerprint density at radius 2 is 1.59 bits per heavy atom. The van der Waals surface area contributed by atoms with Gasteiger partial charge in [-0.3, -0.25) is 0 Å². The highest BCUT2D eigenvalue weighted by Crippen LogP contribution is 2.15. The van der Waals surface area contributed by atoms with Crippen LogP contribution in [0.5, 0.6) is 0 Å². The van der Waals surface area contributed by atoms with Crippen molar-refractivity contribution in [3.8, 4) is 0 Å². The van der Waals surface area contributed by atoms with Gasteiger partial charge in [0.25, 0.3) is 0 Å². The van der Waals surface area contributed by atoms with E-state index in [2.05, 4.69) is 4.90 Å². The van der Waals surface area contributed by atoms with Crippen LogP contribution in [0.15, 0.2) is 29.2 Å². The van der Waals surface area contributed by atoms with Gasteiger partial charge in [-0.05, 0) is 19.2 Å². The number of likely N-dealkylation sites (N-methyl/N-ethyl adjacent to an activating group) is 1. The normalized spacial score (nSPS) is 19.4. The lowest BCUT2D eigenvalue weighted by molar-refractivity contribution is 0.222. The van der Waals surface area contributed by atoms with E-state index in [1.807, 2.05) is 7.05 Å². The minimum absolute atomic E-state index is 0.316. The number of benzene rings is 1. The van der Waals surface area contributed by atoms with Crippen molar-refractivity contribution in [3.05, 3.63) is 24.3 Å². The predicted molar refractivity (Wildman–Crippen MR) is 68.1 cm³/mol. The molecule has 0 saturated carbocycles. The number of nitrogens with zero attached hydrogens (tertiary/aromatic N) is 2. The number of hydrogen-bond donors (Lipinski definition) is 0. The van der Waals surface area contributed by atoms with Gasteiger partial charge in [0.1, 0.15) is 7.85 Å². The van der Waals surface area contributed by atoms with Crippen molar-refractivity contribution in [2.45, 2.75) is 4.90 Å². The highest BCUT2D eigenvalue weighted by Gasteiger charge is 2.26. The molecule has 2 rings (SSSR count). The minimum atomic E-state index is -3.35. The summed E-state index contributed by atoms with van der Waals surface area (Å²) in [5.41, 5.74) is 0.572. The number of rotatable bonds is 2. The molecule has 0 bridgehead atoms. The fourth-order valence-corrected chi connectivity index (χ4v) is 3.24. The van der Waals surface area contributed by atoms with Crippen molar-refractivity contribution in [2.24, 2.45) is 0 Å². The van der Waals surface area contributed by atoms with Crippen molar-refractivity contribution in [3.63, 3.8) is 0 Å². The molecule has 1 heterocycles. The molecular weight excluding hydrogens is 235 g/mol. The second kappa shape index (κ2) is 4.80. The Hall–Kier alpha value is -0.845. The van der Waals surface area contributed by atoms with Crippen LogP contribution in [-0.4, -0.2) is 58.7 Å². The molecule has 2 radical (unpaired) electrons. The van der Waals surface area contributed by atoms with Crippen molar-refractivity contribution in [1.29, 1.82) is 0 Å². The van der Waals surface area contributed by atoms with Gasteiger partial charge in [-0.1, -0.05) is 17.6 Å². The van der Waals surface area contributed by atoms with Crippen molar-refractivity contribution < 1.29 is 8.42 Å². The third-order valence-corrected chi connectivity index (χ3v) is 4.89. The lowest BCUT2D eigenvalue weighted by Crippen LogP contribution is -2.47. The van der Waals surface area contributed by atoms with E-state index in [1.54, 1.807) is 24.3 Å². The summed E-state index contributed by atoms with van der Waals surface area (Å²) in [5, 5.41) is 0. The first-order valence-corrected chi connectivity index (χ1v) is 6.98. The average molecular weight is 250 g/mol. The van der Waals surface area contributed by atoms with Gasteiger partial charge in [0.15, 0.2) is 0 Å². The van der Waals surface area contributed by atoms with E-state index in [0.717, 1.165) is 13.1 Å². The van der Waals surface area contributed by atoms with E-state index in [1.165, 1.54) is 4.31 Å². The van der Waals surface area contributed by atoms with Gasteiger partial charge in [0.2, 0.25) is 10.0 Å². The van der Waals surface area contributed by atoms with E-state index in [4.69, 9.17) is 7.85 Å². The molecule has 6 heteroatoms. The maximum absolute atomic E-state index is 12.3. The van der Waals surface area contributed by atoms with E-state index in [-0.39, 0.29) is 0 Å². The number of hydrogen-bond acceptors (Lipinski definition) is 3. The first-order chi connectivity index (χ1) is 8.00. The van der Waals surface area contributed by atoms with Crippen LogP contribution in [0.1, 0.15) is 0 Å². The van der Waals surface area contributed by atoms with Gasteiger partial charge in [-0.2, -0.15) is 4.31 Å². The van der Waals surface area contributed by atoms with Gasteiger partial charge in [-0.15, -0.1) is 0 Å². The minimum Gasteiger partial charge on any atom is -0.304 e. The van der Waals surface area contributed by atoms with Crippen LogP contribution in [0, 0.1) is 0 Å². The molecule has 0 spiro atoms. The summed E-state index contributed by atoms with van der Waals surface area (Å²) in [5.74, 6) is 0. The summed E-state index contributed by atoms with van der Waals surface area (Å²) < 4.78 is 26.1. The van der Waals surface area contributed by atoms with Crippen LogP contribution in [-0.2, 0) is 10.0 Å². The van der Waals surface area contributed by atoms with Crippen LogP contribution in [0.4, 0.5) is 0 Å². The molecular formula is C11H15BN2O2S. The third-order valence-electron chi connectivity index (χ3n) is 2.98. The third kappa shape index (κ3) is 2.70. The Morgan fingerprint density at radius 1 is 1.06 bits per heavy atom. The summed E-state index contributed by atoms with van der Waals surface area (Å²) in [6, 6.07) is 6.35. The average Bonchev–Trinajstić information content (AvgIpc) is 2.30. The molecule has 1 aliphatic heterocycles. The van der Waals surface area contributed by atoms with E-state index in [9.17, 15) is 8.42 Å². The molecule has 4 nitrogen and oxygen atoms in total. The van der Waals surface area contributed by atoms with E-state index in [0.29, 0.717) is 23.4 Å².